The zero-order valence-corrected chi connectivity index (χ0v) is 13.8. The first-order valence-corrected chi connectivity index (χ1v) is 8.85. The van der Waals surface area contributed by atoms with Crippen molar-refractivity contribution < 1.29 is 17.9 Å². The molecule has 1 fully saturated rings. The van der Waals surface area contributed by atoms with Gasteiger partial charge in [-0.25, -0.2) is 13.4 Å². The highest BCUT2D eigenvalue weighted by Gasteiger charge is 2.30. The van der Waals surface area contributed by atoms with Crippen molar-refractivity contribution in [2.75, 3.05) is 37.5 Å². The lowest BCUT2D eigenvalue weighted by molar-refractivity contribution is -0.117. The predicted molar refractivity (Wildman–Crippen MR) is 83.8 cm³/mol. The van der Waals surface area contributed by atoms with Crippen LogP contribution >= 0.6 is 0 Å². The van der Waals surface area contributed by atoms with Gasteiger partial charge >= 0.3 is 0 Å². The summed E-state index contributed by atoms with van der Waals surface area (Å²) in [5.41, 5.74) is 1.25. The normalized spacial score (nSPS) is 21.3. The number of methoxy groups -OCH3 is 1. The molecular formula is C14H21N3O4S. The number of rotatable bonds is 4. The van der Waals surface area contributed by atoms with Crippen molar-refractivity contribution in [3.63, 3.8) is 0 Å². The monoisotopic (exact) mass is 327 g/mol. The minimum Gasteiger partial charge on any atom is -0.481 e. The van der Waals surface area contributed by atoms with Gasteiger partial charge in [0.05, 0.1) is 30.0 Å². The fourth-order valence-electron chi connectivity index (χ4n) is 2.38. The highest BCUT2D eigenvalue weighted by molar-refractivity contribution is 7.91. The maximum Gasteiger partial charge on any atom is 0.226 e. The maximum absolute atomic E-state index is 12.2. The Labute approximate surface area is 130 Å². The standard InChI is InChI=1S/C14H21N3O4S/c1-10-12(4-5-14(15-10)21-3)16-13(18)8-11-9-22(19,20)7-6-17(11)2/h4-5,11H,6-9H2,1-3H3,(H,16,18). The van der Waals surface area contributed by atoms with Crippen molar-refractivity contribution in [2.24, 2.45) is 0 Å². The predicted octanol–water partition coefficient (Wildman–Crippen LogP) is 0.456. The Morgan fingerprint density at radius 2 is 2.23 bits per heavy atom. The molecule has 0 spiro atoms. The summed E-state index contributed by atoms with van der Waals surface area (Å²) in [6.45, 7) is 2.23. The van der Waals surface area contributed by atoms with Gasteiger partial charge in [0.25, 0.3) is 0 Å². The third-order valence-electron chi connectivity index (χ3n) is 3.79. The van der Waals surface area contributed by atoms with E-state index in [1.165, 1.54) is 7.11 Å². The molecule has 7 nitrogen and oxygen atoms in total. The average molecular weight is 327 g/mol. The first-order valence-electron chi connectivity index (χ1n) is 7.03. The van der Waals surface area contributed by atoms with Crippen LogP contribution in [-0.4, -0.2) is 62.5 Å². The highest BCUT2D eigenvalue weighted by atomic mass is 32.2. The summed E-state index contributed by atoms with van der Waals surface area (Å²) in [6, 6.07) is 3.10. The molecule has 2 heterocycles. The summed E-state index contributed by atoms with van der Waals surface area (Å²) in [5.74, 6) is 0.442. The van der Waals surface area contributed by atoms with Gasteiger partial charge in [-0.3, -0.25) is 4.79 Å². The first-order chi connectivity index (χ1) is 10.3. The maximum atomic E-state index is 12.2. The number of pyridine rings is 1. The van der Waals surface area contributed by atoms with E-state index in [-0.39, 0.29) is 29.9 Å². The van der Waals surface area contributed by atoms with Crippen LogP contribution in [0.15, 0.2) is 12.1 Å². The largest absolute Gasteiger partial charge is 0.481 e. The van der Waals surface area contributed by atoms with Crippen LogP contribution in [0, 0.1) is 6.92 Å². The van der Waals surface area contributed by atoms with Crippen LogP contribution in [0.25, 0.3) is 0 Å². The zero-order valence-electron chi connectivity index (χ0n) is 13.0. The van der Waals surface area contributed by atoms with E-state index in [4.69, 9.17) is 4.74 Å². The van der Waals surface area contributed by atoms with Crippen LogP contribution < -0.4 is 10.1 Å². The molecule has 0 bridgehead atoms. The molecule has 2 rings (SSSR count). The molecular weight excluding hydrogens is 306 g/mol. The summed E-state index contributed by atoms with van der Waals surface area (Å²) >= 11 is 0. The molecule has 1 unspecified atom stereocenters. The molecule has 0 aliphatic carbocycles. The second-order valence-electron chi connectivity index (χ2n) is 5.49. The van der Waals surface area contributed by atoms with E-state index < -0.39 is 9.84 Å². The number of carbonyl (C=O) groups excluding carboxylic acids is 1. The Bertz CT molecular complexity index is 660. The van der Waals surface area contributed by atoms with Crippen LogP contribution in [-0.2, 0) is 14.6 Å². The lowest BCUT2D eigenvalue weighted by Gasteiger charge is -2.31. The minimum atomic E-state index is -3.05. The smallest absolute Gasteiger partial charge is 0.226 e. The molecule has 1 aliphatic rings. The van der Waals surface area contributed by atoms with E-state index in [1.807, 2.05) is 11.9 Å². The molecule has 122 valence electrons. The molecule has 1 saturated heterocycles. The third kappa shape index (κ3) is 4.17. The van der Waals surface area contributed by atoms with Gasteiger partial charge in [0.2, 0.25) is 11.8 Å². The molecule has 0 radical (unpaired) electrons. The van der Waals surface area contributed by atoms with Crippen molar-refractivity contribution >= 4 is 21.4 Å². The summed E-state index contributed by atoms with van der Waals surface area (Å²) in [4.78, 5) is 18.3. The lowest BCUT2D eigenvalue weighted by atomic mass is 10.2. The van der Waals surface area contributed by atoms with Crippen LogP contribution in [0.5, 0.6) is 5.88 Å². The number of sulfone groups is 1. The van der Waals surface area contributed by atoms with Gasteiger partial charge in [0, 0.05) is 25.1 Å². The fraction of sp³-hybridized carbons (Fsp3) is 0.571. The van der Waals surface area contributed by atoms with Gasteiger partial charge in [-0.05, 0) is 20.0 Å². The Morgan fingerprint density at radius 1 is 1.50 bits per heavy atom. The zero-order chi connectivity index (χ0) is 16.3. The van der Waals surface area contributed by atoms with Gasteiger partial charge in [-0.2, -0.15) is 0 Å². The SMILES string of the molecule is COc1ccc(NC(=O)CC2CS(=O)(=O)CCN2C)c(C)n1. The molecule has 0 saturated carbocycles. The van der Waals surface area contributed by atoms with Crippen molar-refractivity contribution in [2.45, 2.75) is 19.4 Å². The van der Waals surface area contributed by atoms with Gasteiger partial charge < -0.3 is 15.0 Å². The molecule has 1 N–H and O–H groups in total. The number of carbonyl (C=O) groups is 1. The van der Waals surface area contributed by atoms with Crippen LogP contribution in [0.4, 0.5) is 5.69 Å². The molecule has 1 amide bonds. The summed E-state index contributed by atoms with van der Waals surface area (Å²) in [7, 11) is 0.316. The quantitative estimate of drug-likeness (QED) is 0.864. The second kappa shape index (κ2) is 6.62. The number of hydrogen-bond donors (Lipinski definition) is 1. The van der Waals surface area contributed by atoms with E-state index >= 15 is 0 Å². The Morgan fingerprint density at radius 3 is 2.86 bits per heavy atom. The topological polar surface area (TPSA) is 88.6 Å². The molecule has 1 aliphatic heterocycles. The summed E-state index contributed by atoms with van der Waals surface area (Å²) in [5, 5.41) is 2.78. The Kier molecular flexibility index (Phi) is 5.02. The third-order valence-corrected chi connectivity index (χ3v) is 5.49. The van der Waals surface area contributed by atoms with Crippen molar-refractivity contribution in [1.29, 1.82) is 0 Å². The molecule has 22 heavy (non-hydrogen) atoms. The van der Waals surface area contributed by atoms with Gasteiger partial charge in [-0.15, -0.1) is 0 Å². The van der Waals surface area contributed by atoms with Gasteiger partial charge in [-0.1, -0.05) is 0 Å². The van der Waals surface area contributed by atoms with Gasteiger partial charge in [0.15, 0.2) is 9.84 Å². The number of ether oxygens (including phenoxy) is 1. The van der Waals surface area contributed by atoms with E-state index in [0.717, 1.165) is 0 Å². The fourth-order valence-corrected chi connectivity index (χ4v) is 4.07. The molecule has 0 aromatic carbocycles. The Balaban J connectivity index is 2.00. The molecule has 8 heteroatoms. The number of aromatic nitrogens is 1. The number of aryl methyl sites for hydroxylation is 1. The number of nitrogens with zero attached hydrogens (tertiary/aromatic N) is 2. The van der Waals surface area contributed by atoms with Gasteiger partial charge in [0.1, 0.15) is 0 Å². The van der Waals surface area contributed by atoms with Crippen LogP contribution in [0.3, 0.4) is 0 Å². The Hall–Kier alpha value is -1.67. The van der Waals surface area contributed by atoms with E-state index in [1.54, 1.807) is 19.1 Å². The number of nitrogens with one attached hydrogen (secondary N) is 1. The minimum absolute atomic E-state index is 0.0246. The van der Waals surface area contributed by atoms with Crippen molar-refractivity contribution in [3.8, 4) is 5.88 Å². The van der Waals surface area contributed by atoms with Crippen molar-refractivity contribution in [3.05, 3.63) is 17.8 Å². The van der Waals surface area contributed by atoms with Crippen LogP contribution in [0.1, 0.15) is 12.1 Å². The number of amides is 1. The second-order valence-corrected chi connectivity index (χ2v) is 7.72. The first kappa shape index (κ1) is 16.7. The van der Waals surface area contributed by atoms with Crippen molar-refractivity contribution in [1.82, 2.24) is 9.88 Å². The van der Waals surface area contributed by atoms with E-state index in [0.29, 0.717) is 23.8 Å². The van der Waals surface area contributed by atoms with E-state index in [9.17, 15) is 13.2 Å². The number of anilines is 1. The molecule has 1 aromatic rings. The number of hydrogen-bond acceptors (Lipinski definition) is 6. The van der Waals surface area contributed by atoms with E-state index in [2.05, 4.69) is 10.3 Å². The molecule has 1 atom stereocenters. The lowest BCUT2D eigenvalue weighted by Crippen LogP contribution is -2.47. The highest BCUT2D eigenvalue weighted by Crippen LogP contribution is 2.18. The summed E-state index contributed by atoms with van der Waals surface area (Å²) < 4.78 is 28.4. The molecule has 1 aromatic heterocycles. The summed E-state index contributed by atoms with van der Waals surface area (Å²) in [6.07, 6.45) is 0.140. The average Bonchev–Trinajstić information content (AvgIpc) is 2.45. The van der Waals surface area contributed by atoms with Crippen LogP contribution in [0.2, 0.25) is 0 Å².